The topological polar surface area (TPSA) is 38.1 Å². The first kappa shape index (κ1) is 18.6. The summed E-state index contributed by atoms with van der Waals surface area (Å²) in [6.45, 7) is 0.0442. The van der Waals surface area contributed by atoms with Crippen LogP contribution in [0.1, 0.15) is 33.7 Å². The Labute approximate surface area is 166 Å². The molecule has 4 nitrogen and oxygen atoms in total. The molecule has 0 unspecified atom stereocenters. The van der Waals surface area contributed by atoms with Crippen LogP contribution in [-0.2, 0) is 19.4 Å². The van der Waals surface area contributed by atoms with E-state index in [4.69, 9.17) is 11.6 Å². The molecule has 0 N–H and O–H groups in total. The molecule has 1 aliphatic carbocycles. The average molecular weight is 402 g/mol. The normalized spacial score (nSPS) is 12.9. The Morgan fingerprint density at radius 2 is 1.93 bits per heavy atom. The highest BCUT2D eigenvalue weighted by Crippen LogP contribution is 2.29. The maximum absolute atomic E-state index is 14.1. The minimum Gasteiger partial charge on any atom is -0.336 e. The van der Waals surface area contributed by atoms with Crippen molar-refractivity contribution in [3.63, 3.8) is 0 Å². The molecule has 0 bridgehead atoms. The zero-order chi connectivity index (χ0) is 19.8. The van der Waals surface area contributed by atoms with Gasteiger partial charge >= 0.3 is 0 Å². The van der Waals surface area contributed by atoms with E-state index < -0.39 is 5.82 Å². The van der Waals surface area contributed by atoms with E-state index in [0.717, 1.165) is 30.5 Å². The van der Waals surface area contributed by atoms with Crippen molar-refractivity contribution >= 4 is 17.5 Å². The lowest BCUT2D eigenvalue weighted by Gasteiger charge is -2.18. The predicted molar refractivity (Wildman–Crippen MR) is 103 cm³/mol. The monoisotopic (exact) mass is 401 g/mol. The highest BCUT2D eigenvalue weighted by molar-refractivity contribution is 6.31. The number of aromatic nitrogens is 2. The second-order valence-corrected chi connectivity index (χ2v) is 7.28. The number of rotatable bonds is 4. The van der Waals surface area contributed by atoms with Crippen LogP contribution < -0.4 is 0 Å². The lowest BCUT2D eigenvalue weighted by molar-refractivity contribution is 0.0776. The first-order valence-corrected chi connectivity index (χ1v) is 9.38. The quantitative estimate of drug-likeness (QED) is 0.642. The van der Waals surface area contributed by atoms with Crippen LogP contribution in [-0.4, -0.2) is 27.6 Å². The van der Waals surface area contributed by atoms with E-state index in [1.165, 1.54) is 29.2 Å². The third kappa shape index (κ3) is 3.29. The van der Waals surface area contributed by atoms with Crippen LogP contribution >= 0.6 is 11.6 Å². The van der Waals surface area contributed by atoms with E-state index in [1.807, 2.05) is 0 Å². The maximum Gasteiger partial charge on any atom is 0.274 e. The standard InChI is InChI=1S/C21H18ClF2N3O/c1-26(12-16-17(22)5-3-6-18(16)24)21(28)20-15-4-2-7-19(15)27(25-20)14-10-8-13(23)9-11-14/h3,5-6,8-11H,2,4,7,12H2,1H3. The van der Waals surface area contributed by atoms with Crippen molar-refractivity contribution in [3.05, 3.63) is 81.6 Å². The van der Waals surface area contributed by atoms with Crippen molar-refractivity contribution in [2.75, 3.05) is 7.05 Å². The van der Waals surface area contributed by atoms with Crippen LogP contribution in [0, 0.1) is 11.6 Å². The summed E-state index contributed by atoms with van der Waals surface area (Å²) >= 11 is 6.09. The summed E-state index contributed by atoms with van der Waals surface area (Å²) in [4.78, 5) is 14.5. The van der Waals surface area contributed by atoms with Gasteiger partial charge in [-0.3, -0.25) is 4.79 Å². The molecule has 3 aromatic rings. The molecule has 0 radical (unpaired) electrons. The Hall–Kier alpha value is -2.73. The van der Waals surface area contributed by atoms with Crippen LogP contribution in [0.5, 0.6) is 0 Å². The van der Waals surface area contributed by atoms with Gasteiger partial charge in [-0.15, -0.1) is 0 Å². The molecule has 0 saturated carbocycles. The SMILES string of the molecule is CN(Cc1c(F)cccc1Cl)C(=O)c1nn(-c2ccc(F)cc2)c2c1CCC2. The van der Waals surface area contributed by atoms with Crippen molar-refractivity contribution in [1.29, 1.82) is 0 Å². The first-order chi connectivity index (χ1) is 13.5. The Morgan fingerprint density at radius 1 is 1.18 bits per heavy atom. The molecule has 0 fully saturated rings. The molecule has 0 aliphatic heterocycles. The van der Waals surface area contributed by atoms with Gasteiger partial charge in [0.1, 0.15) is 11.6 Å². The summed E-state index contributed by atoms with van der Waals surface area (Å²) in [6.07, 6.45) is 2.49. The molecule has 0 saturated heterocycles. The van der Waals surface area contributed by atoms with Gasteiger partial charge in [0.25, 0.3) is 5.91 Å². The molecule has 1 heterocycles. The minimum atomic E-state index is -0.450. The number of halogens is 3. The van der Waals surface area contributed by atoms with Gasteiger partial charge in [0.2, 0.25) is 0 Å². The van der Waals surface area contributed by atoms with Gasteiger partial charge in [-0.2, -0.15) is 5.10 Å². The summed E-state index contributed by atoms with van der Waals surface area (Å²) < 4.78 is 29.0. The first-order valence-electron chi connectivity index (χ1n) is 9.00. The molecule has 7 heteroatoms. The number of hydrogen-bond donors (Lipinski definition) is 0. The molecular weight excluding hydrogens is 384 g/mol. The molecule has 1 aromatic heterocycles. The fraction of sp³-hybridized carbons (Fsp3) is 0.238. The number of amides is 1. The maximum atomic E-state index is 14.1. The lowest BCUT2D eigenvalue weighted by atomic mass is 10.1. The van der Waals surface area contributed by atoms with Crippen LogP contribution in [0.15, 0.2) is 42.5 Å². The Kier molecular flexibility index (Phi) is 4.89. The van der Waals surface area contributed by atoms with Crippen molar-refractivity contribution in [3.8, 4) is 5.69 Å². The summed E-state index contributed by atoms with van der Waals surface area (Å²) in [6, 6.07) is 10.5. The number of fused-ring (bicyclic) bond motifs is 1. The highest BCUT2D eigenvalue weighted by Gasteiger charge is 2.29. The Balaban J connectivity index is 1.66. The number of hydrogen-bond acceptors (Lipinski definition) is 2. The van der Waals surface area contributed by atoms with Gasteiger partial charge in [0.15, 0.2) is 5.69 Å². The molecule has 0 atom stereocenters. The summed E-state index contributed by atoms with van der Waals surface area (Å²) in [5.74, 6) is -1.07. The van der Waals surface area contributed by atoms with Crippen molar-refractivity contribution in [1.82, 2.24) is 14.7 Å². The third-order valence-corrected chi connectivity index (χ3v) is 5.36. The second kappa shape index (κ2) is 7.36. The summed E-state index contributed by atoms with van der Waals surface area (Å²) in [5, 5.41) is 4.79. The molecule has 4 rings (SSSR count). The number of carbonyl (C=O) groups excluding carboxylic acids is 1. The minimum absolute atomic E-state index is 0.0442. The highest BCUT2D eigenvalue weighted by atomic mass is 35.5. The van der Waals surface area contributed by atoms with Gasteiger partial charge in [-0.25, -0.2) is 13.5 Å². The predicted octanol–water partition coefficient (Wildman–Crippen LogP) is 4.56. The van der Waals surface area contributed by atoms with E-state index in [-0.39, 0.29) is 28.9 Å². The molecule has 28 heavy (non-hydrogen) atoms. The Morgan fingerprint density at radius 3 is 2.64 bits per heavy atom. The fourth-order valence-corrected chi connectivity index (χ4v) is 3.80. The molecule has 2 aromatic carbocycles. The zero-order valence-corrected chi connectivity index (χ0v) is 16.0. The van der Waals surface area contributed by atoms with Gasteiger partial charge in [-0.05, 0) is 55.7 Å². The fourth-order valence-electron chi connectivity index (χ4n) is 3.58. The Bertz CT molecular complexity index is 1030. The van der Waals surface area contributed by atoms with Gasteiger partial charge in [-0.1, -0.05) is 17.7 Å². The number of benzene rings is 2. The van der Waals surface area contributed by atoms with Gasteiger partial charge < -0.3 is 4.90 Å². The molecule has 0 spiro atoms. The largest absolute Gasteiger partial charge is 0.336 e. The molecular formula is C21H18ClF2N3O. The molecule has 144 valence electrons. The van der Waals surface area contributed by atoms with E-state index >= 15 is 0 Å². The lowest BCUT2D eigenvalue weighted by Crippen LogP contribution is -2.28. The summed E-state index contributed by atoms with van der Waals surface area (Å²) in [5.41, 5.74) is 3.20. The van der Waals surface area contributed by atoms with Crippen molar-refractivity contribution in [2.45, 2.75) is 25.8 Å². The zero-order valence-electron chi connectivity index (χ0n) is 15.3. The third-order valence-electron chi connectivity index (χ3n) is 5.01. The van der Waals surface area contributed by atoms with E-state index in [9.17, 15) is 13.6 Å². The van der Waals surface area contributed by atoms with Crippen LogP contribution in [0.25, 0.3) is 5.69 Å². The molecule has 1 amide bonds. The average Bonchev–Trinajstić information content (AvgIpc) is 3.27. The van der Waals surface area contributed by atoms with E-state index in [0.29, 0.717) is 11.4 Å². The van der Waals surface area contributed by atoms with Crippen molar-refractivity contribution in [2.24, 2.45) is 0 Å². The van der Waals surface area contributed by atoms with Crippen LogP contribution in [0.2, 0.25) is 5.02 Å². The van der Waals surface area contributed by atoms with Gasteiger partial charge in [0.05, 0.1) is 12.2 Å². The molecule has 1 aliphatic rings. The van der Waals surface area contributed by atoms with Crippen LogP contribution in [0.4, 0.5) is 8.78 Å². The second-order valence-electron chi connectivity index (χ2n) is 6.88. The van der Waals surface area contributed by atoms with E-state index in [1.54, 1.807) is 29.9 Å². The van der Waals surface area contributed by atoms with Crippen LogP contribution in [0.3, 0.4) is 0 Å². The van der Waals surface area contributed by atoms with Gasteiger partial charge in [0, 0.05) is 28.9 Å². The number of carbonyl (C=O) groups is 1. The van der Waals surface area contributed by atoms with Crippen molar-refractivity contribution < 1.29 is 13.6 Å². The smallest absolute Gasteiger partial charge is 0.274 e. The summed E-state index contributed by atoms with van der Waals surface area (Å²) in [7, 11) is 1.60. The van der Waals surface area contributed by atoms with E-state index in [2.05, 4.69) is 5.10 Å². The number of nitrogens with zero attached hydrogens (tertiary/aromatic N) is 3.